The minimum atomic E-state index is 0.161. The number of aliphatic hydroxyl groups is 1. The van der Waals surface area contributed by atoms with Crippen LogP contribution in [0.3, 0.4) is 0 Å². The summed E-state index contributed by atoms with van der Waals surface area (Å²) < 4.78 is 10.9. The average molecular weight is 210 g/mol. The molecule has 1 N–H and O–H groups in total. The van der Waals surface area contributed by atoms with Gasteiger partial charge in [-0.2, -0.15) is 0 Å². The van der Waals surface area contributed by atoms with E-state index in [4.69, 9.17) is 14.6 Å². The minimum Gasteiger partial charge on any atom is -0.494 e. The monoisotopic (exact) mass is 210 g/mol. The van der Waals surface area contributed by atoms with Gasteiger partial charge in [0.25, 0.3) is 0 Å². The number of hydrogen-bond acceptors (Lipinski definition) is 3. The van der Waals surface area contributed by atoms with Gasteiger partial charge in [-0.15, -0.1) is 0 Å². The Morgan fingerprint density at radius 1 is 1.13 bits per heavy atom. The van der Waals surface area contributed by atoms with Crippen molar-refractivity contribution in [1.29, 1.82) is 0 Å². The zero-order valence-electron chi connectivity index (χ0n) is 9.27. The topological polar surface area (TPSA) is 38.7 Å². The molecule has 15 heavy (non-hydrogen) atoms. The van der Waals surface area contributed by atoms with Crippen LogP contribution in [0, 0.1) is 0 Å². The van der Waals surface area contributed by atoms with Gasteiger partial charge in [0, 0.05) is 13.0 Å². The fraction of sp³-hybridized carbons (Fsp3) is 0.500. The summed E-state index contributed by atoms with van der Waals surface area (Å²) in [7, 11) is 0. The number of benzene rings is 1. The highest BCUT2D eigenvalue weighted by Gasteiger charge is 1.98. The standard InChI is InChI=1S/C12H18O3/c1-10(2)15-12-6-4-11(5-7-12)14-9-3-8-13/h4-7,10,13H,3,8-9H2,1-2H3. The first-order chi connectivity index (χ1) is 7.22. The Morgan fingerprint density at radius 3 is 2.27 bits per heavy atom. The Morgan fingerprint density at radius 2 is 1.73 bits per heavy atom. The zero-order valence-corrected chi connectivity index (χ0v) is 9.27. The number of rotatable bonds is 6. The van der Waals surface area contributed by atoms with E-state index in [1.54, 1.807) is 0 Å². The van der Waals surface area contributed by atoms with Crippen LogP contribution in [-0.4, -0.2) is 24.4 Å². The molecule has 0 fully saturated rings. The number of hydrogen-bond donors (Lipinski definition) is 1. The lowest BCUT2D eigenvalue weighted by Gasteiger charge is -2.10. The molecule has 0 unspecified atom stereocenters. The maximum absolute atomic E-state index is 8.59. The first-order valence-electron chi connectivity index (χ1n) is 5.22. The van der Waals surface area contributed by atoms with Crippen molar-refractivity contribution < 1.29 is 14.6 Å². The lowest BCUT2D eigenvalue weighted by Crippen LogP contribution is -2.05. The van der Waals surface area contributed by atoms with E-state index in [1.165, 1.54) is 0 Å². The molecule has 0 radical (unpaired) electrons. The van der Waals surface area contributed by atoms with E-state index >= 15 is 0 Å². The molecule has 1 aromatic carbocycles. The molecular formula is C12H18O3. The predicted molar refractivity (Wildman–Crippen MR) is 59.4 cm³/mol. The van der Waals surface area contributed by atoms with Gasteiger partial charge in [0.05, 0.1) is 12.7 Å². The normalized spacial score (nSPS) is 10.4. The maximum atomic E-state index is 8.59. The van der Waals surface area contributed by atoms with Crippen LogP contribution in [0.2, 0.25) is 0 Å². The van der Waals surface area contributed by atoms with Crippen molar-refractivity contribution in [1.82, 2.24) is 0 Å². The smallest absolute Gasteiger partial charge is 0.119 e. The van der Waals surface area contributed by atoms with Crippen molar-refractivity contribution in [3.63, 3.8) is 0 Å². The van der Waals surface area contributed by atoms with Crippen molar-refractivity contribution in [3.8, 4) is 11.5 Å². The van der Waals surface area contributed by atoms with Gasteiger partial charge in [0.1, 0.15) is 11.5 Å². The zero-order chi connectivity index (χ0) is 11.1. The Kier molecular flexibility index (Phi) is 4.98. The van der Waals surface area contributed by atoms with Gasteiger partial charge in [-0.3, -0.25) is 0 Å². The van der Waals surface area contributed by atoms with E-state index in [9.17, 15) is 0 Å². The van der Waals surface area contributed by atoms with E-state index in [0.29, 0.717) is 13.0 Å². The molecule has 0 bridgehead atoms. The molecule has 0 aliphatic rings. The Balaban J connectivity index is 2.42. The molecule has 0 heterocycles. The predicted octanol–water partition coefficient (Wildman–Crippen LogP) is 2.24. The van der Waals surface area contributed by atoms with E-state index in [1.807, 2.05) is 38.1 Å². The van der Waals surface area contributed by atoms with Crippen LogP contribution in [0.1, 0.15) is 20.3 Å². The highest BCUT2D eigenvalue weighted by molar-refractivity contribution is 5.31. The number of aliphatic hydroxyl groups excluding tert-OH is 1. The lowest BCUT2D eigenvalue weighted by molar-refractivity contribution is 0.231. The molecule has 0 aliphatic carbocycles. The molecule has 1 rings (SSSR count). The van der Waals surface area contributed by atoms with Gasteiger partial charge in [-0.05, 0) is 38.1 Å². The lowest BCUT2D eigenvalue weighted by atomic mass is 10.3. The molecule has 1 aromatic rings. The second kappa shape index (κ2) is 6.30. The minimum absolute atomic E-state index is 0.161. The molecule has 0 saturated carbocycles. The molecule has 3 nitrogen and oxygen atoms in total. The third kappa shape index (κ3) is 4.70. The summed E-state index contributed by atoms with van der Waals surface area (Å²) in [6.07, 6.45) is 0.843. The van der Waals surface area contributed by atoms with Gasteiger partial charge in [-0.25, -0.2) is 0 Å². The second-order valence-corrected chi connectivity index (χ2v) is 3.56. The SMILES string of the molecule is CC(C)Oc1ccc(OCCCO)cc1. The van der Waals surface area contributed by atoms with Gasteiger partial charge in [-0.1, -0.05) is 0 Å². The molecule has 0 atom stereocenters. The van der Waals surface area contributed by atoms with E-state index < -0.39 is 0 Å². The average Bonchev–Trinajstić information content (AvgIpc) is 2.20. The first-order valence-corrected chi connectivity index (χ1v) is 5.22. The van der Waals surface area contributed by atoms with E-state index in [2.05, 4.69) is 0 Å². The quantitative estimate of drug-likeness (QED) is 0.732. The Bertz CT molecular complexity index is 267. The van der Waals surface area contributed by atoms with Crippen LogP contribution in [0.5, 0.6) is 11.5 Å². The van der Waals surface area contributed by atoms with Gasteiger partial charge in [0.15, 0.2) is 0 Å². The van der Waals surface area contributed by atoms with Crippen LogP contribution in [0.4, 0.5) is 0 Å². The summed E-state index contributed by atoms with van der Waals surface area (Å²) in [5, 5.41) is 8.59. The summed E-state index contributed by atoms with van der Waals surface area (Å²) in [4.78, 5) is 0. The third-order valence-corrected chi connectivity index (χ3v) is 1.77. The fourth-order valence-corrected chi connectivity index (χ4v) is 1.14. The van der Waals surface area contributed by atoms with E-state index in [0.717, 1.165) is 11.5 Å². The Labute approximate surface area is 90.6 Å². The van der Waals surface area contributed by atoms with Gasteiger partial charge in [0.2, 0.25) is 0 Å². The summed E-state index contributed by atoms with van der Waals surface area (Å²) in [5.74, 6) is 1.65. The van der Waals surface area contributed by atoms with E-state index in [-0.39, 0.29) is 12.7 Å². The molecule has 0 saturated heterocycles. The van der Waals surface area contributed by atoms with Crippen LogP contribution < -0.4 is 9.47 Å². The first kappa shape index (κ1) is 11.9. The summed E-state index contributed by atoms with van der Waals surface area (Å²) >= 11 is 0. The van der Waals surface area contributed by atoms with Crippen molar-refractivity contribution in [2.24, 2.45) is 0 Å². The van der Waals surface area contributed by atoms with Crippen LogP contribution >= 0.6 is 0 Å². The largest absolute Gasteiger partial charge is 0.494 e. The molecule has 3 heteroatoms. The molecular weight excluding hydrogens is 192 g/mol. The molecule has 84 valence electrons. The Hall–Kier alpha value is -1.22. The maximum Gasteiger partial charge on any atom is 0.119 e. The molecule has 0 aliphatic heterocycles. The highest BCUT2D eigenvalue weighted by atomic mass is 16.5. The fourth-order valence-electron chi connectivity index (χ4n) is 1.14. The molecule has 0 aromatic heterocycles. The van der Waals surface area contributed by atoms with Crippen molar-refractivity contribution in [2.45, 2.75) is 26.4 Å². The van der Waals surface area contributed by atoms with Crippen LogP contribution in [0.25, 0.3) is 0 Å². The highest BCUT2D eigenvalue weighted by Crippen LogP contribution is 2.18. The second-order valence-electron chi connectivity index (χ2n) is 3.56. The third-order valence-electron chi connectivity index (χ3n) is 1.77. The summed E-state index contributed by atoms with van der Waals surface area (Å²) in [6.45, 7) is 4.69. The van der Waals surface area contributed by atoms with Crippen LogP contribution in [-0.2, 0) is 0 Å². The van der Waals surface area contributed by atoms with Gasteiger partial charge >= 0.3 is 0 Å². The van der Waals surface area contributed by atoms with Gasteiger partial charge < -0.3 is 14.6 Å². The summed E-state index contributed by atoms with van der Waals surface area (Å²) in [6, 6.07) is 7.51. The van der Waals surface area contributed by atoms with Crippen molar-refractivity contribution in [2.75, 3.05) is 13.2 Å². The molecule has 0 amide bonds. The van der Waals surface area contributed by atoms with Crippen molar-refractivity contribution >= 4 is 0 Å². The number of ether oxygens (including phenoxy) is 2. The summed E-state index contributed by atoms with van der Waals surface area (Å²) in [5.41, 5.74) is 0. The molecule has 0 spiro atoms. The van der Waals surface area contributed by atoms with Crippen LogP contribution in [0.15, 0.2) is 24.3 Å². The van der Waals surface area contributed by atoms with Crippen molar-refractivity contribution in [3.05, 3.63) is 24.3 Å².